The van der Waals surface area contributed by atoms with Gasteiger partial charge in [-0.15, -0.1) is 0 Å². The number of ether oxygens (including phenoxy) is 2. The third-order valence-corrected chi connectivity index (χ3v) is 4.87. The highest BCUT2D eigenvalue weighted by molar-refractivity contribution is 6.17. The largest absolute Gasteiger partial charge is 0.464 e. The second-order valence-electron chi connectivity index (χ2n) is 6.74. The molecule has 6 nitrogen and oxygen atoms in total. The fourth-order valence-electron chi connectivity index (χ4n) is 3.48. The van der Waals surface area contributed by atoms with Gasteiger partial charge < -0.3 is 14.8 Å². The van der Waals surface area contributed by atoms with E-state index in [1.165, 1.54) is 6.92 Å². The number of hydrogen-bond donors (Lipinski definition) is 1. The van der Waals surface area contributed by atoms with Gasteiger partial charge in [0.05, 0.1) is 18.8 Å². The lowest BCUT2D eigenvalue weighted by Gasteiger charge is -2.38. The van der Waals surface area contributed by atoms with E-state index in [4.69, 9.17) is 9.47 Å². The van der Waals surface area contributed by atoms with E-state index in [-0.39, 0.29) is 24.4 Å². The standard InChI is InChI=1S/C22H27NO5/c1-7-27-20(25)18-14(4)22(16(6)24,21(26)28-8-2)23-15(5)19(18)17-11-9-13(3)10-12-17/h9-12,23H,7-8H2,1-6H3/t22-/m0/s1. The first-order valence-electron chi connectivity index (χ1n) is 9.33. The Balaban J connectivity index is 2.79. The van der Waals surface area contributed by atoms with Crippen molar-refractivity contribution in [3.05, 3.63) is 52.2 Å². The van der Waals surface area contributed by atoms with Crippen LogP contribution in [0, 0.1) is 6.92 Å². The van der Waals surface area contributed by atoms with Crippen molar-refractivity contribution in [1.29, 1.82) is 0 Å². The first-order valence-corrected chi connectivity index (χ1v) is 9.33. The van der Waals surface area contributed by atoms with Crippen LogP contribution in [0.2, 0.25) is 0 Å². The van der Waals surface area contributed by atoms with Gasteiger partial charge in [0.25, 0.3) is 0 Å². The molecule has 0 fully saturated rings. The van der Waals surface area contributed by atoms with Gasteiger partial charge in [0.2, 0.25) is 5.54 Å². The van der Waals surface area contributed by atoms with Crippen LogP contribution in [0.5, 0.6) is 0 Å². The number of carbonyl (C=O) groups is 3. The minimum Gasteiger partial charge on any atom is -0.464 e. The van der Waals surface area contributed by atoms with E-state index in [0.717, 1.165) is 11.1 Å². The number of ketones is 1. The molecule has 0 aromatic heterocycles. The van der Waals surface area contributed by atoms with Crippen LogP contribution in [0.25, 0.3) is 5.57 Å². The van der Waals surface area contributed by atoms with Crippen LogP contribution in [-0.4, -0.2) is 36.5 Å². The Labute approximate surface area is 165 Å². The second kappa shape index (κ2) is 8.42. The highest BCUT2D eigenvalue weighted by atomic mass is 16.5. The van der Waals surface area contributed by atoms with Gasteiger partial charge in [0.15, 0.2) is 5.78 Å². The Hall–Kier alpha value is -2.89. The van der Waals surface area contributed by atoms with E-state index in [0.29, 0.717) is 11.3 Å². The summed E-state index contributed by atoms with van der Waals surface area (Å²) in [6.07, 6.45) is 0. The lowest BCUT2D eigenvalue weighted by atomic mass is 9.76. The summed E-state index contributed by atoms with van der Waals surface area (Å²) in [7, 11) is 0. The number of aryl methyl sites for hydroxylation is 1. The van der Waals surface area contributed by atoms with Crippen LogP contribution in [0.1, 0.15) is 45.7 Å². The quantitative estimate of drug-likeness (QED) is 0.599. The number of carbonyl (C=O) groups excluding carboxylic acids is 3. The van der Waals surface area contributed by atoms with Crippen LogP contribution in [0.15, 0.2) is 41.1 Å². The second-order valence-corrected chi connectivity index (χ2v) is 6.74. The number of allylic oxidation sites excluding steroid dienone is 1. The molecular formula is C22H27NO5. The predicted molar refractivity (Wildman–Crippen MR) is 106 cm³/mol. The molecule has 0 radical (unpaired) electrons. The Morgan fingerprint density at radius 2 is 1.54 bits per heavy atom. The highest BCUT2D eigenvalue weighted by Crippen LogP contribution is 2.39. The van der Waals surface area contributed by atoms with Gasteiger partial charge in [-0.2, -0.15) is 0 Å². The molecular weight excluding hydrogens is 358 g/mol. The Morgan fingerprint density at radius 3 is 2.04 bits per heavy atom. The molecule has 6 heteroatoms. The normalized spacial score (nSPS) is 19.2. The van der Waals surface area contributed by atoms with E-state index < -0.39 is 23.3 Å². The van der Waals surface area contributed by atoms with Crippen molar-refractivity contribution < 1.29 is 23.9 Å². The van der Waals surface area contributed by atoms with E-state index in [9.17, 15) is 14.4 Å². The van der Waals surface area contributed by atoms with Gasteiger partial charge in [-0.25, -0.2) is 9.59 Å². The molecule has 0 unspecified atom stereocenters. The zero-order valence-electron chi connectivity index (χ0n) is 17.3. The molecule has 0 saturated heterocycles. The summed E-state index contributed by atoms with van der Waals surface area (Å²) in [5.74, 6) is -1.76. The molecule has 1 aromatic carbocycles. The van der Waals surface area contributed by atoms with Crippen LogP contribution in [0.4, 0.5) is 0 Å². The molecule has 2 rings (SSSR count). The summed E-state index contributed by atoms with van der Waals surface area (Å²) in [6.45, 7) is 10.3. The fraction of sp³-hybridized carbons (Fsp3) is 0.409. The van der Waals surface area contributed by atoms with Crippen molar-refractivity contribution in [2.45, 2.75) is 47.1 Å². The summed E-state index contributed by atoms with van der Waals surface area (Å²) in [4.78, 5) is 38.3. The van der Waals surface area contributed by atoms with Gasteiger partial charge in [-0.05, 0) is 52.7 Å². The number of rotatable bonds is 6. The number of dihydropyridines is 1. The number of Topliss-reactive ketones (excluding diaryl/α,β-unsaturated/α-hetero) is 1. The molecule has 150 valence electrons. The topological polar surface area (TPSA) is 81.7 Å². The monoisotopic (exact) mass is 385 g/mol. The maximum absolute atomic E-state index is 12.9. The third kappa shape index (κ3) is 3.59. The Morgan fingerprint density at radius 1 is 0.964 bits per heavy atom. The molecule has 0 amide bonds. The molecule has 0 saturated carbocycles. The Kier molecular flexibility index (Phi) is 6.44. The van der Waals surface area contributed by atoms with Crippen molar-refractivity contribution in [1.82, 2.24) is 5.32 Å². The molecule has 0 spiro atoms. The lowest BCUT2D eigenvalue weighted by Crippen LogP contribution is -2.60. The van der Waals surface area contributed by atoms with E-state index in [1.54, 1.807) is 27.7 Å². The molecule has 1 N–H and O–H groups in total. The van der Waals surface area contributed by atoms with Crippen molar-refractivity contribution in [2.75, 3.05) is 13.2 Å². The maximum Gasteiger partial charge on any atom is 0.344 e. The van der Waals surface area contributed by atoms with Crippen LogP contribution < -0.4 is 5.32 Å². The highest BCUT2D eigenvalue weighted by Gasteiger charge is 2.51. The van der Waals surface area contributed by atoms with E-state index >= 15 is 0 Å². The summed E-state index contributed by atoms with van der Waals surface area (Å²) in [6, 6.07) is 7.67. The lowest BCUT2D eigenvalue weighted by molar-refractivity contribution is -0.152. The summed E-state index contributed by atoms with van der Waals surface area (Å²) in [5, 5.41) is 3.04. The molecule has 0 aliphatic carbocycles. The minimum atomic E-state index is -1.75. The summed E-state index contributed by atoms with van der Waals surface area (Å²) >= 11 is 0. The smallest absolute Gasteiger partial charge is 0.344 e. The minimum absolute atomic E-state index is 0.116. The SMILES string of the molecule is CCOC(=O)C1=C(C)[C@](C(C)=O)(C(=O)OCC)NC(C)=C1c1ccc(C)cc1. The number of benzene rings is 1. The molecule has 28 heavy (non-hydrogen) atoms. The van der Waals surface area contributed by atoms with Crippen molar-refractivity contribution >= 4 is 23.3 Å². The van der Waals surface area contributed by atoms with E-state index in [2.05, 4.69) is 5.32 Å². The average molecular weight is 385 g/mol. The van der Waals surface area contributed by atoms with Crippen molar-refractivity contribution in [2.24, 2.45) is 0 Å². The van der Waals surface area contributed by atoms with Crippen molar-refractivity contribution in [3.63, 3.8) is 0 Å². The van der Waals surface area contributed by atoms with Gasteiger partial charge in [-0.1, -0.05) is 29.8 Å². The van der Waals surface area contributed by atoms with Crippen molar-refractivity contribution in [3.8, 4) is 0 Å². The van der Waals surface area contributed by atoms with Gasteiger partial charge in [0, 0.05) is 11.3 Å². The van der Waals surface area contributed by atoms with E-state index in [1.807, 2.05) is 31.2 Å². The fourth-order valence-corrected chi connectivity index (χ4v) is 3.48. The molecule has 0 bridgehead atoms. The summed E-state index contributed by atoms with van der Waals surface area (Å²) < 4.78 is 10.4. The number of hydrogen-bond acceptors (Lipinski definition) is 6. The van der Waals surface area contributed by atoms with Gasteiger partial charge in [-0.3, -0.25) is 4.79 Å². The zero-order valence-corrected chi connectivity index (χ0v) is 17.3. The maximum atomic E-state index is 12.9. The molecule has 1 aliphatic heterocycles. The third-order valence-electron chi connectivity index (χ3n) is 4.87. The first kappa shape index (κ1) is 21.4. The van der Waals surface area contributed by atoms with Crippen LogP contribution in [-0.2, 0) is 23.9 Å². The van der Waals surface area contributed by atoms with Gasteiger partial charge in [0.1, 0.15) is 0 Å². The Bertz CT molecular complexity index is 863. The average Bonchev–Trinajstić information content (AvgIpc) is 2.63. The number of esters is 2. The molecule has 1 heterocycles. The van der Waals surface area contributed by atoms with Crippen LogP contribution >= 0.6 is 0 Å². The zero-order chi connectivity index (χ0) is 21.1. The predicted octanol–water partition coefficient (Wildman–Crippen LogP) is 3.10. The van der Waals surface area contributed by atoms with Gasteiger partial charge >= 0.3 is 11.9 Å². The molecule has 1 atom stereocenters. The molecule has 1 aliphatic rings. The summed E-state index contributed by atoms with van der Waals surface area (Å²) in [5.41, 5.74) is 1.74. The first-order chi connectivity index (χ1) is 13.2. The van der Waals surface area contributed by atoms with Crippen LogP contribution in [0.3, 0.4) is 0 Å². The number of nitrogens with one attached hydrogen (secondary N) is 1. The molecule has 1 aromatic rings.